The van der Waals surface area contributed by atoms with Crippen LogP contribution in [0.3, 0.4) is 0 Å². The van der Waals surface area contributed by atoms with Gasteiger partial charge in [-0.05, 0) is 23.8 Å². The van der Waals surface area contributed by atoms with E-state index in [-0.39, 0.29) is 18.2 Å². The Kier molecular flexibility index (Phi) is 8.34. The summed E-state index contributed by atoms with van der Waals surface area (Å²) in [5, 5.41) is 4.63. The third-order valence-corrected chi connectivity index (χ3v) is 5.77. The Bertz CT molecular complexity index is 1270. The zero-order valence-corrected chi connectivity index (χ0v) is 20.4. The molecule has 0 radical (unpaired) electrons. The summed E-state index contributed by atoms with van der Waals surface area (Å²) in [5.74, 6) is 0.500. The molecule has 0 bridgehead atoms. The predicted octanol–water partition coefficient (Wildman–Crippen LogP) is 3.60. The lowest BCUT2D eigenvalue weighted by atomic mass is 10.1. The molecule has 11 heteroatoms. The van der Waals surface area contributed by atoms with Gasteiger partial charge < -0.3 is 14.5 Å². The quantitative estimate of drug-likeness (QED) is 0.360. The fourth-order valence-corrected chi connectivity index (χ4v) is 3.99. The van der Waals surface area contributed by atoms with Crippen molar-refractivity contribution >= 4 is 18.1 Å². The Labute approximate surface area is 213 Å². The molecule has 9 nitrogen and oxygen atoms in total. The Hall–Kier alpha value is -4.41. The van der Waals surface area contributed by atoms with Crippen molar-refractivity contribution in [3.05, 3.63) is 67.4 Å². The number of amides is 1. The molecular weight excluding hydrogens is 480 g/mol. The number of allylic oxidation sites excluding steroid dienone is 1. The van der Waals surface area contributed by atoms with E-state index in [1.807, 2.05) is 41.3 Å². The number of hydrogen-bond acceptors (Lipinski definition) is 5. The van der Waals surface area contributed by atoms with E-state index < -0.39 is 6.61 Å². The number of hydrogen-bond donors (Lipinski definition) is 0. The number of ether oxygens (including phenoxy) is 1. The van der Waals surface area contributed by atoms with Crippen molar-refractivity contribution < 1.29 is 18.3 Å². The summed E-state index contributed by atoms with van der Waals surface area (Å²) in [6, 6.07) is 14.4. The lowest BCUT2D eigenvalue weighted by molar-refractivity contribution is -0.133. The molecule has 1 saturated heterocycles. The second kappa shape index (κ2) is 12.0. The molecule has 1 amide bonds. The molecule has 2 aromatic heterocycles. The average molecular weight is 508 g/mol. The van der Waals surface area contributed by atoms with E-state index in [0.717, 1.165) is 11.3 Å². The number of nitrogens with zero attached hydrogens (tertiary/aromatic N) is 7. The second-order valence-electron chi connectivity index (χ2n) is 8.10. The first-order chi connectivity index (χ1) is 18.0. The van der Waals surface area contributed by atoms with Gasteiger partial charge in [0, 0.05) is 39.4 Å². The van der Waals surface area contributed by atoms with Gasteiger partial charge >= 0.3 is 6.61 Å². The van der Waals surface area contributed by atoms with E-state index >= 15 is 0 Å². The minimum Gasteiger partial charge on any atom is -0.433 e. The fourth-order valence-electron chi connectivity index (χ4n) is 3.99. The maximum absolute atomic E-state index is 13.2. The molecule has 0 atom stereocenters. The third kappa shape index (κ3) is 6.43. The Morgan fingerprint density at radius 3 is 2.46 bits per heavy atom. The number of aliphatic imine (C=N–C) groups is 2. The van der Waals surface area contributed by atoms with Crippen LogP contribution in [-0.2, 0) is 11.3 Å². The molecule has 37 heavy (non-hydrogen) atoms. The van der Waals surface area contributed by atoms with Crippen LogP contribution in [0, 0.1) is 0 Å². The number of piperazine rings is 1. The van der Waals surface area contributed by atoms with Crippen LogP contribution < -0.4 is 4.74 Å². The molecule has 0 aliphatic carbocycles. The lowest BCUT2D eigenvalue weighted by Crippen LogP contribution is -2.51. The highest BCUT2D eigenvalue weighted by Crippen LogP contribution is 2.26. The predicted molar refractivity (Wildman–Crippen MR) is 138 cm³/mol. The standard InChI is InChI=1S/C26H27F2N7O2/c1-3-11-30-26(29-2)34-14-12-33(13-15-34)24(36)18-35-23(19-7-5-4-6-8-19)16-22(32-35)21-10-9-20(17-31-21)37-25(27)28/h3-11,16-17,25H,1,12-15,18H2,2H3/b29-26?,30-11-. The van der Waals surface area contributed by atoms with Crippen molar-refractivity contribution in [1.82, 2.24) is 24.6 Å². The van der Waals surface area contributed by atoms with Crippen LogP contribution in [0.15, 0.2) is 77.4 Å². The zero-order valence-electron chi connectivity index (χ0n) is 20.4. The Balaban J connectivity index is 1.51. The number of rotatable bonds is 7. The van der Waals surface area contributed by atoms with Crippen LogP contribution in [0.4, 0.5) is 8.78 Å². The van der Waals surface area contributed by atoms with Gasteiger partial charge in [0.15, 0.2) is 0 Å². The summed E-state index contributed by atoms with van der Waals surface area (Å²) in [5.41, 5.74) is 2.63. The summed E-state index contributed by atoms with van der Waals surface area (Å²) in [6.07, 6.45) is 4.41. The molecule has 0 saturated carbocycles. The maximum atomic E-state index is 13.2. The monoisotopic (exact) mass is 507 g/mol. The van der Waals surface area contributed by atoms with E-state index in [0.29, 0.717) is 43.5 Å². The first kappa shape index (κ1) is 25.7. The molecule has 1 aliphatic rings. The van der Waals surface area contributed by atoms with Gasteiger partial charge in [-0.2, -0.15) is 13.9 Å². The van der Waals surface area contributed by atoms with Gasteiger partial charge in [-0.3, -0.25) is 19.5 Å². The minimum absolute atomic E-state index is 0.0396. The molecule has 4 rings (SSSR count). The van der Waals surface area contributed by atoms with E-state index in [1.54, 1.807) is 35.0 Å². The number of alkyl halides is 2. The molecule has 3 aromatic rings. The summed E-state index contributed by atoms with van der Waals surface area (Å²) in [7, 11) is 1.68. The van der Waals surface area contributed by atoms with Gasteiger partial charge in [0.25, 0.3) is 0 Å². The molecule has 0 unspecified atom stereocenters. The van der Waals surface area contributed by atoms with E-state index in [2.05, 4.69) is 31.4 Å². The van der Waals surface area contributed by atoms with Crippen molar-refractivity contribution in [3.8, 4) is 28.4 Å². The number of carbonyl (C=O) groups excluding carboxylic acids is 1. The number of aromatic nitrogens is 3. The van der Waals surface area contributed by atoms with Crippen LogP contribution in [0.5, 0.6) is 5.75 Å². The van der Waals surface area contributed by atoms with Crippen LogP contribution in [0.1, 0.15) is 0 Å². The summed E-state index contributed by atoms with van der Waals surface area (Å²) in [4.78, 5) is 29.8. The molecular formula is C26H27F2N7O2. The van der Waals surface area contributed by atoms with Gasteiger partial charge in [0.1, 0.15) is 18.0 Å². The van der Waals surface area contributed by atoms with Crippen molar-refractivity contribution in [3.63, 3.8) is 0 Å². The van der Waals surface area contributed by atoms with Crippen LogP contribution in [0.2, 0.25) is 0 Å². The highest BCUT2D eigenvalue weighted by Gasteiger charge is 2.24. The average Bonchev–Trinajstić information content (AvgIpc) is 3.33. The van der Waals surface area contributed by atoms with Crippen LogP contribution in [-0.4, -0.2) is 82.5 Å². The van der Waals surface area contributed by atoms with E-state index in [1.165, 1.54) is 12.3 Å². The van der Waals surface area contributed by atoms with Crippen LogP contribution in [0.25, 0.3) is 22.6 Å². The summed E-state index contributed by atoms with van der Waals surface area (Å²) >= 11 is 0. The Morgan fingerprint density at radius 1 is 1.11 bits per heavy atom. The molecule has 0 N–H and O–H groups in total. The van der Waals surface area contributed by atoms with Crippen molar-refractivity contribution in [2.45, 2.75) is 13.2 Å². The topological polar surface area (TPSA) is 88.2 Å². The maximum Gasteiger partial charge on any atom is 0.387 e. The van der Waals surface area contributed by atoms with E-state index in [9.17, 15) is 13.6 Å². The summed E-state index contributed by atoms with van der Waals surface area (Å²) < 4.78 is 31.0. The molecule has 1 aliphatic heterocycles. The number of carbonyl (C=O) groups is 1. The highest BCUT2D eigenvalue weighted by atomic mass is 19.3. The van der Waals surface area contributed by atoms with Gasteiger partial charge in [0.05, 0.1) is 17.6 Å². The Morgan fingerprint density at radius 2 is 1.84 bits per heavy atom. The number of halogens is 2. The summed E-state index contributed by atoms with van der Waals surface area (Å²) in [6.45, 7) is 3.03. The number of guanidine groups is 1. The molecule has 1 aromatic carbocycles. The highest BCUT2D eigenvalue weighted by molar-refractivity contribution is 5.90. The van der Waals surface area contributed by atoms with Crippen molar-refractivity contribution in [1.29, 1.82) is 0 Å². The molecule has 192 valence electrons. The third-order valence-electron chi connectivity index (χ3n) is 5.77. The smallest absolute Gasteiger partial charge is 0.387 e. The van der Waals surface area contributed by atoms with Gasteiger partial charge in [-0.1, -0.05) is 43.0 Å². The largest absolute Gasteiger partial charge is 0.433 e. The molecule has 1 fully saturated rings. The van der Waals surface area contributed by atoms with Crippen LogP contribution >= 0.6 is 0 Å². The normalized spacial score (nSPS) is 14.4. The van der Waals surface area contributed by atoms with Crippen molar-refractivity contribution in [2.24, 2.45) is 9.98 Å². The first-order valence-corrected chi connectivity index (χ1v) is 11.7. The fraction of sp³-hybridized carbons (Fsp3) is 0.269. The first-order valence-electron chi connectivity index (χ1n) is 11.7. The van der Waals surface area contributed by atoms with Gasteiger partial charge in [0.2, 0.25) is 11.9 Å². The van der Waals surface area contributed by atoms with Gasteiger partial charge in [-0.25, -0.2) is 4.99 Å². The lowest BCUT2D eigenvalue weighted by Gasteiger charge is -2.35. The molecule has 3 heterocycles. The van der Waals surface area contributed by atoms with Crippen molar-refractivity contribution in [2.75, 3.05) is 33.2 Å². The minimum atomic E-state index is -2.93. The molecule has 0 spiro atoms. The number of benzene rings is 1. The van der Waals surface area contributed by atoms with Gasteiger partial charge in [-0.15, -0.1) is 0 Å². The SMILES string of the molecule is C=C/C=N\C(=NC)N1CCN(C(=O)Cn2nc(-c3ccc(OC(F)F)cn3)cc2-c2ccccc2)CC1. The van der Waals surface area contributed by atoms with E-state index in [4.69, 9.17) is 0 Å². The zero-order chi connectivity index (χ0) is 26.2. The number of pyridine rings is 1. The second-order valence-corrected chi connectivity index (χ2v) is 8.10.